The van der Waals surface area contributed by atoms with Crippen molar-refractivity contribution in [2.45, 2.75) is 179 Å². The van der Waals surface area contributed by atoms with Crippen molar-refractivity contribution < 1.29 is 58.4 Å². The van der Waals surface area contributed by atoms with E-state index in [2.05, 4.69) is 20.8 Å². The summed E-state index contributed by atoms with van der Waals surface area (Å²) < 4.78 is 39.1. The number of hydrogen-bond donors (Lipinski definition) is 4. The lowest BCUT2D eigenvalue weighted by Crippen LogP contribution is -2.57. The topological polar surface area (TPSA) is 170 Å². The molecule has 5 aliphatic heterocycles. The molecule has 12 nitrogen and oxygen atoms in total. The fraction of sp³-hybridized carbons (Fsp3) is 0.946. The maximum Gasteiger partial charge on any atom is 0.309 e. The Kier molecular flexibility index (Phi) is 11.3. The lowest BCUT2D eigenvalue weighted by molar-refractivity contribution is -0.335. The molecule has 1 spiro atoms. The summed E-state index contributed by atoms with van der Waals surface area (Å²) in [6, 6.07) is 0. The Morgan fingerprint density at radius 3 is 2.29 bits per heavy atom. The van der Waals surface area contributed by atoms with Crippen LogP contribution in [0.25, 0.3) is 0 Å². The Hall–Kier alpha value is -1.38. The minimum atomic E-state index is -1.58. The van der Waals surface area contributed by atoms with Gasteiger partial charge in [-0.1, -0.05) is 41.5 Å². The molecule has 5 heterocycles. The molecule has 12 heteroatoms. The van der Waals surface area contributed by atoms with Gasteiger partial charge in [-0.15, -0.1) is 0 Å². The van der Waals surface area contributed by atoms with Gasteiger partial charge in [0.25, 0.3) is 0 Å². The number of rotatable bonds is 10. The third kappa shape index (κ3) is 7.32. The molecule has 5 rings (SSSR count). The number of aliphatic hydroxyl groups excluding tert-OH is 2. The minimum Gasteiger partial charge on any atom is -0.481 e. The average Bonchev–Trinajstić information content (AvgIpc) is 3.74. The molecule has 1 unspecified atom stereocenters. The molecule has 282 valence electrons. The normalized spacial score (nSPS) is 49.1. The maximum absolute atomic E-state index is 12.3. The van der Waals surface area contributed by atoms with Crippen LogP contribution in [0, 0.1) is 35.5 Å². The first kappa shape index (κ1) is 38.8. The number of hydrogen-bond acceptors (Lipinski definition) is 11. The first-order valence-corrected chi connectivity index (χ1v) is 18.6. The SMILES string of the molecule is CCC(=O)O[C@H]([C@H](C)[C@H]1OC2(CC[C@@](C)([C@H]3CC[C@@](C)([C@@H]4O[C@@H]([C@H]5O[C@@](O)(CO)[C@H](C)C[C@@H]5C)C[C@@H]4C)O3)O2)C[C@H](O)[C@H]1C)[C@H](C)C(=O)O. The molecule has 0 aromatic heterocycles. The van der Waals surface area contributed by atoms with Gasteiger partial charge in [-0.3, -0.25) is 9.59 Å². The summed E-state index contributed by atoms with van der Waals surface area (Å²) in [6.45, 7) is 16.7. The second-order valence-electron chi connectivity index (χ2n) is 16.8. The number of carbonyl (C=O) groups excluding carboxylic acids is 1. The summed E-state index contributed by atoms with van der Waals surface area (Å²) in [5, 5.41) is 42.0. The van der Waals surface area contributed by atoms with E-state index in [0.29, 0.717) is 12.8 Å². The lowest BCUT2D eigenvalue weighted by Gasteiger charge is -2.48. The number of carbonyl (C=O) groups is 2. The molecular weight excluding hydrogens is 636 g/mol. The van der Waals surface area contributed by atoms with Gasteiger partial charge in [-0.25, -0.2) is 0 Å². The summed E-state index contributed by atoms with van der Waals surface area (Å²) in [5.41, 5.74) is -1.29. The van der Waals surface area contributed by atoms with Crippen LogP contribution in [-0.4, -0.2) is 104 Å². The first-order valence-electron chi connectivity index (χ1n) is 18.6. The molecule has 0 aliphatic carbocycles. The standard InChI is InChI=1S/C37H62O12/c1-10-28(40)45-30(24(7)33(41)42)23(6)31-22(5)25(39)17-36(47-31)14-13-34(8,49-36)27-11-12-35(9,46-27)32-20(3)16-26(44-32)29-19(2)15-21(4)37(43,18-38)48-29/h19-27,29-32,38-39,43H,10-18H2,1-9H3,(H,41,42)/t19-,20-,21+,22+,23-,24-,25-,26+,27+,29-,30+,31-,32+,34-,35-,36?,37-/m0/s1. The Labute approximate surface area is 291 Å². The molecule has 17 atom stereocenters. The Bertz CT molecular complexity index is 1200. The molecule has 4 N–H and O–H groups in total. The molecule has 0 saturated carbocycles. The third-order valence-electron chi connectivity index (χ3n) is 12.9. The minimum absolute atomic E-state index is 0.121. The molecule has 5 saturated heterocycles. The van der Waals surface area contributed by atoms with Gasteiger partial charge < -0.3 is 48.8 Å². The average molecular weight is 699 g/mol. The van der Waals surface area contributed by atoms with Crippen molar-refractivity contribution in [3.05, 3.63) is 0 Å². The fourth-order valence-electron chi connectivity index (χ4n) is 9.66. The van der Waals surface area contributed by atoms with Crippen LogP contribution in [0.4, 0.5) is 0 Å². The highest BCUT2D eigenvalue weighted by Gasteiger charge is 2.61. The zero-order chi connectivity index (χ0) is 36.3. The highest BCUT2D eigenvalue weighted by molar-refractivity contribution is 5.72. The maximum atomic E-state index is 12.3. The van der Waals surface area contributed by atoms with Crippen LogP contribution in [0.5, 0.6) is 0 Å². The second kappa shape index (κ2) is 14.2. The van der Waals surface area contributed by atoms with Gasteiger partial charge in [0, 0.05) is 37.0 Å². The molecule has 5 fully saturated rings. The predicted molar refractivity (Wildman–Crippen MR) is 177 cm³/mol. The van der Waals surface area contributed by atoms with E-state index in [1.54, 1.807) is 6.92 Å². The molecule has 0 radical (unpaired) electrons. The monoisotopic (exact) mass is 698 g/mol. The van der Waals surface area contributed by atoms with E-state index in [0.717, 1.165) is 25.7 Å². The van der Waals surface area contributed by atoms with E-state index in [4.69, 9.17) is 28.4 Å². The largest absolute Gasteiger partial charge is 0.481 e. The van der Waals surface area contributed by atoms with Crippen molar-refractivity contribution in [3.8, 4) is 0 Å². The van der Waals surface area contributed by atoms with E-state index in [1.807, 2.05) is 27.7 Å². The van der Waals surface area contributed by atoms with Gasteiger partial charge in [0.1, 0.15) is 6.10 Å². The van der Waals surface area contributed by atoms with Crippen LogP contribution in [0.1, 0.15) is 114 Å². The molecule has 49 heavy (non-hydrogen) atoms. The molecule has 0 aromatic carbocycles. The Balaban J connectivity index is 1.27. The third-order valence-corrected chi connectivity index (χ3v) is 12.9. The molecule has 0 aromatic rings. The van der Waals surface area contributed by atoms with Gasteiger partial charge >= 0.3 is 11.9 Å². The molecular formula is C37H62O12. The number of carboxylic acids is 1. The number of ether oxygens (including phenoxy) is 6. The quantitative estimate of drug-likeness (QED) is 0.240. The number of esters is 1. The van der Waals surface area contributed by atoms with Crippen LogP contribution in [0.3, 0.4) is 0 Å². The summed E-state index contributed by atoms with van der Waals surface area (Å²) >= 11 is 0. The molecule has 0 bridgehead atoms. The predicted octanol–water partition coefficient (Wildman–Crippen LogP) is 4.19. The highest BCUT2D eigenvalue weighted by atomic mass is 16.7. The van der Waals surface area contributed by atoms with Crippen molar-refractivity contribution in [2.24, 2.45) is 35.5 Å². The highest BCUT2D eigenvalue weighted by Crippen LogP contribution is 2.54. The van der Waals surface area contributed by atoms with Gasteiger partial charge in [0.05, 0.1) is 60.4 Å². The summed E-state index contributed by atoms with van der Waals surface area (Å²) in [7, 11) is 0. The van der Waals surface area contributed by atoms with Gasteiger partial charge in [0.2, 0.25) is 0 Å². The number of aliphatic carboxylic acids is 1. The van der Waals surface area contributed by atoms with Crippen molar-refractivity contribution in [1.29, 1.82) is 0 Å². The van der Waals surface area contributed by atoms with Crippen LogP contribution in [-0.2, 0) is 38.0 Å². The van der Waals surface area contributed by atoms with Crippen LogP contribution >= 0.6 is 0 Å². The number of carboxylic acid groups (broad SMARTS) is 1. The van der Waals surface area contributed by atoms with Crippen molar-refractivity contribution in [3.63, 3.8) is 0 Å². The van der Waals surface area contributed by atoms with E-state index in [-0.39, 0.29) is 60.9 Å². The van der Waals surface area contributed by atoms with Crippen LogP contribution < -0.4 is 0 Å². The van der Waals surface area contributed by atoms with E-state index in [1.165, 1.54) is 6.92 Å². The number of aliphatic hydroxyl groups is 3. The zero-order valence-corrected chi connectivity index (χ0v) is 30.9. The van der Waals surface area contributed by atoms with E-state index < -0.39 is 71.5 Å². The van der Waals surface area contributed by atoms with Crippen molar-refractivity contribution in [1.82, 2.24) is 0 Å². The zero-order valence-electron chi connectivity index (χ0n) is 30.9. The van der Waals surface area contributed by atoms with E-state index >= 15 is 0 Å². The fourth-order valence-corrected chi connectivity index (χ4v) is 9.66. The van der Waals surface area contributed by atoms with E-state index in [9.17, 15) is 30.0 Å². The second-order valence-corrected chi connectivity index (χ2v) is 16.8. The molecule has 5 aliphatic rings. The summed E-state index contributed by atoms with van der Waals surface area (Å²) in [5.74, 6) is -5.90. The summed E-state index contributed by atoms with van der Waals surface area (Å²) in [4.78, 5) is 24.3. The smallest absolute Gasteiger partial charge is 0.309 e. The van der Waals surface area contributed by atoms with Crippen molar-refractivity contribution in [2.75, 3.05) is 6.61 Å². The van der Waals surface area contributed by atoms with Crippen LogP contribution in [0.15, 0.2) is 0 Å². The van der Waals surface area contributed by atoms with Gasteiger partial charge in [0.15, 0.2) is 11.6 Å². The first-order chi connectivity index (χ1) is 22.8. The van der Waals surface area contributed by atoms with Crippen molar-refractivity contribution >= 4 is 11.9 Å². The van der Waals surface area contributed by atoms with Gasteiger partial charge in [-0.05, 0) is 64.7 Å². The molecule has 0 amide bonds. The summed E-state index contributed by atoms with van der Waals surface area (Å²) in [6.07, 6.45) is 1.24. The lowest BCUT2D eigenvalue weighted by atomic mass is 9.78. The Morgan fingerprint density at radius 1 is 0.959 bits per heavy atom. The van der Waals surface area contributed by atoms with Gasteiger partial charge in [-0.2, -0.15) is 0 Å². The van der Waals surface area contributed by atoms with Crippen LogP contribution in [0.2, 0.25) is 0 Å². The Morgan fingerprint density at radius 2 is 1.65 bits per heavy atom.